The Morgan fingerprint density at radius 2 is 2.33 bits per heavy atom. The van der Waals surface area contributed by atoms with E-state index in [9.17, 15) is 9.18 Å². The highest BCUT2D eigenvalue weighted by atomic mass is 32.1. The number of hydrazone groups is 1. The second-order valence-corrected chi connectivity index (χ2v) is 3.23. The van der Waals surface area contributed by atoms with Crippen molar-refractivity contribution in [2.75, 3.05) is 0 Å². The molecule has 4 nitrogen and oxygen atoms in total. The van der Waals surface area contributed by atoms with Crippen LogP contribution in [0.15, 0.2) is 29.4 Å². The van der Waals surface area contributed by atoms with Crippen LogP contribution in [0.3, 0.4) is 0 Å². The number of carbonyl (C=O) groups excluding carboxylic acids is 1. The van der Waals surface area contributed by atoms with Crippen LogP contribution in [-0.4, -0.2) is 11.1 Å². The van der Waals surface area contributed by atoms with Crippen molar-refractivity contribution in [3.8, 4) is 0 Å². The molecule has 0 aliphatic carbocycles. The third kappa shape index (κ3) is 3.99. The fraction of sp³-hybridized carbons (Fsp3) is 0.111. The van der Waals surface area contributed by atoms with Crippen LogP contribution in [0.4, 0.5) is 4.39 Å². The van der Waals surface area contributed by atoms with Gasteiger partial charge in [0.1, 0.15) is 5.82 Å². The van der Waals surface area contributed by atoms with Gasteiger partial charge in [0.15, 0.2) is 5.17 Å². The molecular weight excluding hydrogens is 217 g/mol. The number of benzene rings is 1. The smallest absolute Gasteiger partial charge is 0.230 e. The minimum atomic E-state index is -0.376. The molecule has 6 heteroatoms. The van der Waals surface area contributed by atoms with Gasteiger partial charge in [-0.25, -0.2) is 4.39 Å². The molecule has 0 aliphatic heterocycles. The van der Waals surface area contributed by atoms with Gasteiger partial charge in [0.05, 0.1) is 6.42 Å². The lowest BCUT2D eigenvalue weighted by atomic mass is 10.1. The second kappa shape index (κ2) is 5.35. The molecule has 0 unspecified atom stereocenters. The van der Waals surface area contributed by atoms with E-state index in [4.69, 9.17) is 5.84 Å². The Kier molecular flexibility index (Phi) is 4.11. The molecule has 0 bridgehead atoms. The maximum atomic E-state index is 12.8. The van der Waals surface area contributed by atoms with Crippen LogP contribution < -0.4 is 11.2 Å². The van der Waals surface area contributed by atoms with E-state index in [-0.39, 0.29) is 23.3 Å². The molecule has 0 fully saturated rings. The van der Waals surface area contributed by atoms with E-state index in [1.165, 1.54) is 18.2 Å². The Labute approximate surface area is 91.8 Å². The summed E-state index contributed by atoms with van der Waals surface area (Å²) in [6.45, 7) is 0. The first-order valence-corrected chi connectivity index (χ1v) is 4.57. The lowest BCUT2D eigenvalue weighted by Crippen LogP contribution is -2.29. The Balaban J connectivity index is 2.59. The highest BCUT2D eigenvalue weighted by Gasteiger charge is 2.05. The van der Waals surface area contributed by atoms with Crippen molar-refractivity contribution in [2.24, 2.45) is 10.9 Å². The molecule has 3 N–H and O–H groups in total. The third-order valence-corrected chi connectivity index (χ3v) is 1.85. The number of hydrogen-bond donors (Lipinski definition) is 3. The van der Waals surface area contributed by atoms with E-state index in [1.54, 1.807) is 6.07 Å². The molecule has 15 heavy (non-hydrogen) atoms. The summed E-state index contributed by atoms with van der Waals surface area (Å²) in [4.78, 5) is 11.3. The van der Waals surface area contributed by atoms with Gasteiger partial charge in [-0.1, -0.05) is 12.1 Å². The molecule has 0 saturated carbocycles. The van der Waals surface area contributed by atoms with Crippen molar-refractivity contribution in [1.29, 1.82) is 0 Å². The van der Waals surface area contributed by atoms with E-state index in [2.05, 4.69) is 23.0 Å². The summed E-state index contributed by atoms with van der Waals surface area (Å²) < 4.78 is 12.8. The predicted octanol–water partition coefficient (Wildman–Crippen LogP) is 0.644. The van der Waals surface area contributed by atoms with Gasteiger partial charge in [-0.2, -0.15) is 5.10 Å². The number of rotatable bonds is 2. The van der Waals surface area contributed by atoms with E-state index in [1.807, 2.05) is 0 Å². The van der Waals surface area contributed by atoms with Gasteiger partial charge < -0.3 is 11.2 Å². The average Bonchev–Trinajstić information content (AvgIpc) is 2.17. The van der Waals surface area contributed by atoms with Crippen molar-refractivity contribution in [3.05, 3.63) is 35.6 Å². The lowest BCUT2D eigenvalue weighted by molar-refractivity contribution is -0.119. The molecule has 80 valence electrons. The summed E-state index contributed by atoms with van der Waals surface area (Å²) >= 11 is 3.78. The lowest BCUT2D eigenvalue weighted by Gasteiger charge is -2.02. The molecule has 0 saturated heterocycles. The normalized spacial score (nSPS) is 11.2. The van der Waals surface area contributed by atoms with Crippen molar-refractivity contribution in [2.45, 2.75) is 6.42 Å². The van der Waals surface area contributed by atoms with Crippen LogP contribution in [-0.2, 0) is 11.2 Å². The number of nitrogens with two attached hydrogens (primary N) is 1. The largest absolute Gasteiger partial charge is 0.321 e. The molecule has 1 rings (SSSR count). The van der Waals surface area contributed by atoms with Crippen LogP contribution >= 0.6 is 12.6 Å². The monoisotopic (exact) mass is 227 g/mol. The fourth-order valence-electron chi connectivity index (χ4n) is 1.03. The maximum absolute atomic E-state index is 12.8. The summed E-state index contributed by atoms with van der Waals surface area (Å²) in [5.74, 6) is 4.15. The predicted molar refractivity (Wildman–Crippen MR) is 58.9 cm³/mol. The van der Waals surface area contributed by atoms with Crippen LogP contribution in [0.1, 0.15) is 5.56 Å². The molecule has 0 aliphatic rings. The number of amides is 1. The zero-order chi connectivity index (χ0) is 11.3. The highest BCUT2D eigenvalue weighted by Crippen LogP contribution is 2.04. The van der Waals surface area contributed by atoms with Gasteiger partial charge in [-0.05, 0) is 17.7 Å². The topological polar surface area (TPSA) is 67.5 Å². The molecule has 1 amide bonds. The van der Waals surface area contributed by atoms with E-state index in [0.29, 0.717) is 5.56 Å². The standard InChI is InChI=1S/C9H10FN3OS/c10-7-3-1-2-6(4-7)5-8(14)12-9(15)13-11/h1-4H,5,11H2,(H2,12,13,14,15). The first kappa shape index (κ1) is 11.5. The van der Waals surface area contributed by atoms with E-state index < -0.39 is 0 Å². The molecule has 1 aromatic rings. The van der Waals surface area contributed by atoms with Gasteiger partial charge >= 0.3 is 0 Å². The summed E-state index contributed by atoms with van der Waals surface area (Å²) in [6.07, 6.45) is 0.0529. The first-order valence-electron chi connectivity index (χ1n) is 4.13. The zero-order valence-electron chi connectivity index (χ0n) is 7.77. The molecule has 0 aromatic heterocycles. The Morgan fingerprint density at radius 3 is 2.93 bits per heavy atom. The van der Waals surface area contributed by atoms with Crippen molar-refractivity contribution < 1.29 is 9.18 Å². The van der Waals surface area contributed by atoms with Gasteiger partial charge in [0, 0.05) is 0 Å². The quantitative estimate of drug-likeness (QED) is 0.228. The van der Waals surface area contributed by atoms with E-state index >= 15 is 0 Å². The Morgan fingerprint density at radius 1 is 1.60 bits per heavy atom. The number of amidine groups is 1. The van der Waals surface area contributed by atoms with Crippen LogP contribution in [0.2, 0.25) is 0 Å². The number of nitrogens with one attached hydrogen (secondary N) is 1. The van der Waals surface area contributed by atoms with E-state index in [0.717, 1.165) is 0 Å². The van der Waals surface area contributed by atoms with Crippen molar-refractivity contribution in [3.63, 3.8) is 0 Å². The van der Waals surface area contributed by atoms with Crippen molar-refractivity contribution in [1.82, 2.24) is 5.32 Å². The van der Waals surface area contributed by atoms with Crippen LogP contribution in [0.25, 0.3) is 0 Å². The zero-order valence-corrected chi connectivity index (χ0v) is 8.67. The number of nitrogens with zero attached hydrogens (tertiary/aromatic N) is 1. The minimum Gasteiger partial charge on any atom is -0.321 e. The van der Waals surface area contributed by atoms with Gasteiger partial charge in [-0.15, -0.1) is 12.6 Å². The minimum absolute atomic E-state index is 0.0244. The summed E-state index contributed by atoms with van der Waals surface area (Å²) in [5.41, 5.74) is 0.575. The number of halogens is 1. The second-order valence-electron chi connectivity index (χ2n) is 2.81. The number of carbonyl (C=O) groups is 1. The molecule has 1 aromatic carbocycles. The average molecular weight is 227 g/mol. The van der Waals surface area contributed by atoms with Gasteiger partial charge in [0.2, 0.25) is 5.91 Å². The van der Waals surface area contributed by atoms with Crippen LogP contribution in [0, 0.1) is 5.82 Å². The summed E-state index contributed by atoms with van der Waals surface area (Å²) in [7, 11) is 0. The molecule has 0 spiro atoms. The Bertz CT molecular complexity index is 395. The van der Waals surface area contributed by atoms with Gasteiger partial charge in [-0.3, -0.25) is 4.79 Å². The Hall–Kier alpha value is -1.56. The summed E-state index contributed by atoms with van der Waals surface area (Å²) in [5, 5.41) is 5.51. The van der Waals surface area contributed by atoms with Gasteiger partial charge in [0.25, 0.3) is 0 Å². The maximum Gasteiger partial charge on any atom is 0.230 e. The third-order valence-electron chi connectivity index (χ3n) is 1.63. The number of thiol groups is 1. The molecule has 0 heterocycles. The van der Waals surface area contributed by atoms with Crippen LogP contribution in [0.5, 0.6) is 0 Å². The molecule has 0 radical (unpaired) electrons. The molecular formula is C9H10FN3OS. The number of hydrogen-bond acceptors (Lipinski definition) is 3. The summed E-state index contributed by atoms with van der Waals surface area (Å²) in [6, 6.07) is 5.79. The SMILES string of the molecule is N/N=C(\S)NC(=O)Cc1cccc(F)c1. The first-order chi connectivity index (χ1) is 7.11. The van der Waals surface area contributed by atoms with Crippen molar-refractivity contribution >= 4 is 23.7 Å². The molecule has 0 atom stereocenters. The highest BCUT2D eigenvalue weighted by molar-refractivity contribution is 7.96. The fourth-order valence-corrected chi connectivity index (χ4v) is 1.16.